The number of aromatic hydroxyl groups is 1. The molecule has 0 spiro atoms. The third-order valence-electron chi connectivity index (χ3n) is 3.98. The topological polar surface area (TPSA) is 66.8 Å². The van der Waals surface area contributed by atoms with Crippen LogP contribution in [0.5, 0.6) is 11.5 Å². The molecule has 0 radical (unpaired) electrons. The van der Waals surface area contributed by atoms with E-state index in [9.17, 15) is 19.1 Å². The molecule has 10 heteroatoms. The van der Waals surface area contributed by atoms with Crippen molar-refractivity contribution in [3.05, 3.63) is 60.1 Å². The summed E-state index contributed by atoms with van der Waals surface area (Å²) in [5, 5.41) is 10.1. The molecule has 0 bridgehead atoms. The molecule has 0 saturated carbocycles. The Balaban J connectivity index is 1.94. The van der Waals surface area contributed by atoms with Crippen molar-refractivity contribution in [3.8, 4) is 11.5 Å². The van der Waals surface area contributed by atoms with E-state index in [0.717, 1.165) is 22.7 Å². The fourth-order valence-corrected chi connectivity index (χ4v) is 4.48. The smallest absolute Gasteiger partial charge is 0.293 e. The number of hydrogen-bond donors (Lipinski definition) is 1. The minimum absolute atomic E-state index is 0.0864. The molecule has 0 unspecified atom stereocenters. The summed E-state index contributed by atoms with van der Waals surface area (Å²) in [6.45, 7) is 2.04. The van der Waals surface area contributed by atoms with Crippen molar-refractivity contribution in [2.75, 3.05) is 6.61 Å². The Morgan fingerprint density at radius 2 is 2.03 bits per heavy atom. The molecule has 2 aromatic rings. The molecule has 1 N–H and O–H groups in total. The van der Waals surface area contributed by atoms with Gasteiger partial charge in [0.15, 0.2) is 11.5 Å². The number of thioether (sulfide) groups is 1. The first-order valence-electron chi connectivity index (χ1n) is 8.26. The molecule has 1 aliphatic heterocycles. The Morgan fingerprint density at radius 3 is 2.69 bits per heavy atom. The minimum Gasteiger partial charge on any atom is -0.504 e. The Kier molecular flexibility index (Phi) is 6.93. The van der Waals surface area contributed by atoms with Crippen molar-refractivity contribution in [3.63, 3.8) is 0 Å². The fourth-order valence-electron chi connectivity index (χ4n) is 2.60. The van der Waals surface area contributed by atoms with Crippen LogP contribution >= 0.6 is 55.2 Å². The highest BCUT2D eigenvalue weighted by molar-refractivity contribution is 9.13. The van der Waals surface area contributed by atoms with Gasteiger partial charge in [-0.15, -0.1) is 0 Å². The van der Waals surface area contributed by atoms with Crippen molar-refractivity contribution >= 4 is 72.4 Å². The van der Waals surface area contributed by atoms with Gasteiger partial charge in [0.05, 0.1) is 18.1 Å². The van der Waals surface area contributed by atoms with Gasteiger partial charge in [-0.2, -0.15) is 0 Å². The maximum Gasteiger partial charge on any atom is 0.293 e. The van der Waals surface area contributed by atoms with E-state index in [1.807, 2.05) is 0 Å². The van der Waals surface area contributed by atoms with Crippen LogP contribution in [0.25, 0.3) is 6.08 Å². The van der Waals surface area contributed by atoms with E-state index in [-0.39, 0.29) is 28.0 Å². The highest BCUT2D eigenvalue weighted by Gasteiger charge is 2.36. The quantitative estimate of drug-likeness (QED) is 0.429. The number of carbonyl (C=O) groups is 2. The summed E-state index contributed by atoms with van der Waals surface area (Å²) in [5.41, 5.74) is 0.745. The molecule has 3 rings (SSSR count). The SMILES string of the molecule is CCOc1cc(Br)c(Br)c(/C=C2\SC(=O)N(Cc3ccc(F)cc3Cl)C2=O)c1O. The van der Waals surface area contributed by atoms with Crippen molar-refractivity contribution in [1.82, 2.24) is 4.90 Å². The van der Waals surface area contributed by atoms with Crippen LogP contribution in [0.15, 0.2) is 38.1 Å². The number of ether oxygens (including phenoxy) is 1. The predicted molar refractivity (Wildman–Crippen MR) is 118 cm³/mol. The second kappa shape index (κ2) is 9.07. The summed E-state index contributed by atoms with van der Waals surface area (Å²) in [7, 11) is 0. The summed E-state index contributed by atoms with van der Waals surface area (Å²) in [4.78, 5) is 26.3. The minimum atomic E-state index is -0.537. The van der Waals surface area contributed by atoms with Gasteiger partial charge in [0.25, 0.3) is 11.1 Å². The van der Waals surface area contributed by atoms with Crippen LogP contribution in [0.3, 0.4) is 0 Å². The van der Waals surface area contributed by atoms with E-state index in [1.165, 1.54) is 18.2 Å². The van der Waals surface area contributed by atoms with Gasteiger partial charge in [0, 0.05) is 19.5 Å². The van der Waals surface area contributed by atoms with Crippen molar-refractivity contribution in [2.45, 2.75) is 13.5 Å². The molecule has 2 amide bonds. The lowest BCUT2D eigenvalue weighted by Crippen LogP contribution is -2.27. The van der Waals surface area contributed by atoms with Crippen molar-refractivity contribution in [1.29, 1.82) is 0 Å². The van der Waals surface area contributed by atoms with Crippen LogP contribution in [0.4, 0.5) is 9.18 Å². The lowest BCUT2D eigenvalue weighted by Gasteiger charge is -2.14. The Morgan fingerprint density at radius 1 is 1.31 bits per heavy atom. The third kappa shape index (κ3) is 4.63. The molecule has 1 saturated heterocycles. The molecule has 0 aliphatic carbocycles. The molecule has 5 nitrogen and oxygen atoms in total. The van der Waals surface area contributed by atoms with Crippen molar-refractivity contribution in [2.24, 2.45) is 0 Å². The lowest BCUT2D eigenvalue weighted by molar-refractivity contribution is -0.123. The zero-order valence-electron chi connectivity index (χ0n) is 14.8. The highest BCUT2D eigenvalue weighted by atomic mass is 79.9. The van der Waals surface area contributed by atoms with E-state index in [2.05, 4.69) is 31.9 Å². The fraction of sp³-hybridized carbons (Fsp3) is 0.158. The van der Waals surface area contributed by atoms with Crippen LogP contribution in [0.1, 0.15) is 18.1 Å². The second-order valence-corrected chi connectivity index (χ2v) is 8.92. The van der Waals surface area contributed by atoms with E-state index in [4.69, 9.17) is 16.3 Å². The molecular formula is C19H13Br2ClFNO4S. The van der Waals surface area contributed by atoms with Crippen LogP contribution in [-0.4, -0.2) is 27.8 Å². The lowest BCUT2D eigenvalue weighted by atomic mass is 10.1. The number of imide groups is 1. The number of nitrogens with zero attached hydrogens (tertiary/aromatic N) is 1. The molecule has 0 aromatic heterocycles. The van der Waals surface area contributed by atoms with Gasteiger partial charge >= 0.3 is 0 Å². The number of benzene rings is 2. The van der Waals surface area contributed by atoms with Gasteiger partial charge in [0.2, 0.25) is 0 Å². The van der Waals surface area contributed by atoms with Crippen LogP contribution in [0.2, 0.25) is 5.02 Å². The van der Waals surface area contributed by atoms with Gasteiger partial charge in [-0.25, -0.2) is 4.39 Å². The van der Waals surface area contributed by atoms with Crippen LogP contribution in [-0.2, 0) is 11.3 Å². The number of halogens is 4. The largest absolute Gasteiger partial charge is 0.504 e. The van der Waals surface area contributed by atoms with Gasteiger partial charge in [-0.05, 0) is 80.4 Å². The summed E-state index contributed by atoms with van der Waals surface area (Å²) in [6, 6.07) is 5.36. The van der Waals surface area contributed by atoms with Gasteiger partial charge in [-0.3, -0.25) is 14.5 Å². The molecule has 152 valence electrons. The van der Waals surface area contributed by atoms with E-state index in [0.29, 0.717) is 26.7 Å². The average Bonchev–Trinajstić information content (AvgIpc) is 2.92. The predicted octanol–water partition coefficient (Wildman–Crippen LogP) is 6.34. The second-order valence-electron chi connectivity index (χ2n) is 5.87. The number of rotatable bonds is 5. The first kappa shape index (κ1) is 22.1. The number of phenols is 1. The van der Waals surface area contributed by atoms with E-state index >= 15 is 0 Å². The molecule has 0 atom stereocenters. The standard InChI is InChI=1S/C19H13Br2ClFNO4S/c1-2-28-14-7-12(20)16(21)11(17(14)25)6-15-18(26)24(19(27)29-15)8-9-3-4-10(23)5-13(9)22/h3-7,25H,2,8H2,1H3/b15-6-. The zero-order chi connectivity index (χ0) is 21.3. The van der Waals surface area contributed by atoms with Gasteiger partial charge in [0.1, 0.15) is 5.82 Å². The monoisotopic (exact) mass is 563 g/mol. The number of amides is 2. The molecule has 1 aliphatic rings. The summed E-state index contributed by atoms with van der Waals surface area (Å²) in [5.74, 6) is -0.959. The zero-order valence-corrected chi connectivity index (χ0v) is 19.6. The molecule has 29 heavy (non-hydrogen) atoms. The van der Waals surface area contributed by atoms with Crippen LogP contribution in [0, 0.1) is 5.82 Å². The summed E-state index contributed by atoms with van der Waals surface area (Å²) in [6.07, 6.45) is 1.42. The maximum atomic E-state index is 13.2. The Bertz CT molecular complexity index is 1050. The summed E-state index contributed by atoms with van der Waals surface area (Å²) >= 11 is 13.5. The van der Waals surface area contributed by atoms with Crippen molar-refractivity contribution < 1.29 is 23.8 Å². The molecular weight excluding hydrogens is 553 g/mol. The Labute approximate surface area is 192 Å². The van der Waals surface area contributed by atoms with E-state index < -0.39 is 17.0 Å². The molecule has 1 fully saturated rings. The van der Waals surface area contributed by atoms with Gasteiger partial charge in [-0.1, -0.05) is 17.7 Å². The van der Waals surface area contributed by atoms with E-state index in [1.54, 1.807) is 13.0 Å². The average molecular weight is 566 g/mol. The van der Waals surface area contributed by atoms with Crippen LogP contribution < -0.4 is 4.74 Å². The number of phenolic OH excluding ortho intramolecular Hbond substituents is 1. The highest BCUT2D eigenvalue weighted by Crippen LogP contribution is 2.44. The van der Waals surface area contributed by atoms with Gasteiger partial charge < -0.3 is 9.84 Å². The first-order chi connectivity index (χ1) is 13.7. The molecule has 1 heterocycles. The molecule has 2 aromatic carbocycles. The third-order valence-corrected chi connectivity index (χ3v) is 7.26. The number of carbonyl (C=O) groups excluding carboxylic acids is 2. The first-order valence-corrected chi connectivity index (χ1v) is 11.0. The summed E-state index contributed by atoms with van der Waals surface area (Å²) < 4.78 is 19.8. The normalized spacial score (nSPS) is 15.5. The maximum absolute atomic E-state index is 13.2. The Hall–Kier alpha value is -1.55. The number of hydrogen-bond acceptors (Lipinski definition) is 5.